The quantitative estimate of drug-likeness (QED) is 0.619. The molecule has 0 spiro atoms. The maximum atomic E-state index is 3.49. The zero-order valence-corrected chi connectivity index (χ0v) is 10.9. The van der Waals surface area contributed by atoms with E-state index in [-0.39, 0.29) is 5.54 Å². The number of hydrogen-bond acceptors (Lipinski definition) is 2. The van der Waals surface area contributed by atoms with Crippen LogP contribution < -0.4 is 5.32 Å². The first-order valence-corrected chi connectivity index (χ1v) is 6.40. The van der Waals surface area contributed by atoms with Gasteiger partial charge in [-0.05, 0) is 39.8 Å². The van der Waals surface area contributed by atoms with E-state index in [2.05, 4.69) is 57.3 Å². The molecule has 0 radical (unpaired) electrons. The predicted octanol–water partition coefficient (Wildman–Crippen LogP) is 3.48. The van der Waals surface area contributed by atoms with Gasteiger partial charge in [0.15, 0.2) is 0 Å². The fourth-order valence-electron chi connectivity index (χ4n) is 1.30. The van der Waals surface area contributed by atoms with Crippen molar-refractivity contribution in [3.05, 3.63) is 29.8 Å². The third kappa shape index (κ3) is 5.85. The minimum atomic E-state index is 0.229. The van der Waals surface area contributed by atoms with Crippen molar-refractivity contribution in [1.82, 2.24) is 5.32 Å². The molecule has 0 bridgehead atoms. The molecule has 0 saturated carbocycles. The van der Waals surface area contributed by atoms with E-state index < -0.39 is 0 Å². The molecule has 1 N–H and O–H groups in total. The van der Waals surface area contributed by atoms with Crippen LogP contribution in [-0.4, -0.2) is 17.8 Å². The van der Waals surface area contributed by atoms with Crippen LogP contribution in [0.1, 0.15) is 26.3 Å². The number of hydrogen-bond donors (Lipinski definition) is 1. The lowest BCUT2D eigenvalue weighted by Crippen LogP contribution is -2.37. The smallest absolute Gasteiger partial charge is 0.0106 e. The van der Waals surface area contributed by atoms with Gasteiger partial charge in [0.25, 0.3) is 0 Å². The van der Waals surface area contributed by atoms with Gasteiger partial charge in [0.05, 0.1) is 0 Å². The average Bonchev–Trinajstić information content (AvgIpc) is 2.11. The highest BCUT2D eigenvalue weighted by atomic mass is 32.2. The predicted molar refractivity (Wildman–Crippen MR) is 69.7 cm³/mol. The first kappa shape index (κ1) is 12.6. The second kappa shape index (κ2) is 5.57. The number of nitrogens with one attached hydrogen (secondary N) is 1. The Bertz CT molecular complexity index is 302. The first-order valence-electron chi connectivity index (χ1n) is 5.42. The van der Waals surface area contributed by atoms with E-state index in [0.717, 1.165) is 12.3 Å². The Balaban J connectivity index is 2.26. The summed E-state index contributed by atoms with van der Waals surface area (Å²) >= 11 is 1.91. The topological polar surface area (TPSA) is 12.0 Å². The molecule has 2 heteroatoms. The van der Waals surface area contributed by atoms with E-state index in [1.54, 1.807) is 0 Å². The third-order valence-electron chi connectivity index (χ3n) is 2.02. The second-order valence-electron chi connectivity index (χ2n) is 4.84. The molecule has 0 aliphatic rings. The zero-order chi connectivity index (χ0) is 11.3. The molecule has 0 unspecified atom stereocenters. The van der Waals surface area contributed by atoms with Crippen LogP contribution in [0.2, 0.25) is 0 Å². The van der Waals surface area contributed by atoms with Crippen molar-refractivity contribution in [2.24, 2.45) is 0 Å². The third-order valence-corrected chi connectivity index (χ3v) is 3.01. The molecule has 0 heterocycles. The fourth-order valence-corrected chi connectivity index (χ4v) is 2.18. The van der Waals surface area contributed by atoms with Gasteiger partial charge in [0.1, 0.15) is 0 Å². The molecule has 0 amide bonds. The molecule has 0 aliphatic heterocycles. The Labute approximate surface area is 97.7 Å². The van der Waals surface area contributed by atoms with Gasteiger partial charge >= 0.3 is 0 Å². The summed E-state index contributed by atoms with van der Waals surface area (Å²) in [6.45, 7) is 9.79. The van der Waals surface area contributed by atoms with Gasteiger partial charge < -0.3 is 5.32 Å². The molecule has 1 aromatic carbocycles. The van der Waals surface area contributed by atoms with Gasteiger partial charge in [-0.15, -0.1) is 11.8 Å². The summed E-state index contributed by atoms with van der Waals surface area (Å²) in [6.07, 6.45) is 0. The van der Waals surface area contributed by atoms with Crippen LogP contribution in [0, 0.1) is 6.92 Å². The second-order valence-corrected chi connectivity index (χ2v) is 6.01. The lowest BCUT2D eigenvalue weighted by Gasteiger charge is -2.20. The number of rotatable bonds is 4. The Morgan fingerprint density at radius 1 is 1.27 bits per heavy atom. The molecule has 1 rings (SSSR count). The van der Waals surface area contributed by atoms with Crippen molar-refractivity contribution in [3.8, 4) is 0 Å². The van der Waals surface area contributed by atoms with E-state index in [9.17, 15) is 0 Å². The molecular weight excluding hydrogens is 202 g/mol. The van der Waals surface area contributed by atoms with Gasteiger partial charge in [0.2, 0.25) is 0 Å². The van der Waals surface area contributed by atoms with Crippen molar-refractivity contribution < 1.29 is 0 Å². The van der Waals surface area contributed by atoms with Gasteiger partial charge in [-0.25, -0.2) is 0 Å². The molecular formula is C13H21NS. The van der Waals surface area contributed by atoms with Crippen LogP contribution in [0.5, 0.6) is 0 Å². The molecule has 0 saturated heterocycles. The van der Waals surface area contributed by atoms with E-state index in [4.69, 9.17) is 0 Å². The van der Waals surface area contributed by atoms with Gasteiger partial charge in [-0.1, -0.05) is 17.7 Å². The summed E-state index contributed by atoms with van der Waals surface area (Å²) in [5.41, 5.74) is 1.57. The summed E-state index contributed by atoms with van der Waals surface area (Å²) < 4.78 is 0. The van der Waals surface area contributed by atoms with Gasteiger partial charge in [0, 0.05) is 22.7 Å². The van der Waals surface area contributed by atoms with E-state index in [0.29, 0.717) is 0 Å². The summed E-state index contributed by atoms with van der Waals surface area (Å²) in [6, 6.07) is 8.67. The van der Waals surface area contributed by atoms with Crippen LogP contribution in [0.3, 0.4) is 0 Å². The Morgan fingerprint density at radius 2 is 2.00 bits per heavy atom. The monoisotopic (exact) mass is 223 g/mol. The van der Waals surface area contributed by atoms with Crippen molar-refractivity contribution in [2.45, 2.75) is 38.1 Å². The molecule has 0 fully saturated rings. The Morgan fingerprint density at radius 3 is 2.60 bits per heavy atom. The summed E-state index contributed by atoms with van der Waals surface area (Å²) in [7, 11) is 0. The molecule has 0 atom stereocenters. The van der Waals surface area contributed by atoms with Crippen LogP contribution >= 0.6 is 11.8 Å². The molecule has 0 aliphatic carbocycles. The van der Waals surface area contributed by atoms with Crippen LogP contribution in [0.25, 0.3) is 0 Å². The van der Waals surface area contributed by atoms with Crippen LogP contribution in [0.15, 0.2) is 29.2 Å². The number of aryl methyl sites for hydroxylation is 1. The minimum Gasteiger partial charge on any atom is -0.311 e. The standard InChI is InChI=1S/C13H21NS/c1-11-6-5-7-12(10-11)15-9-8-14-13(2,3)4/h5-7,10,14H,8-9H2,1-4H3. The number of benzene rings is 1. The zero-order valence-electron chi connectivity index (χ0n) is 10.1. The lowest BCUT2D eigenvalue weighted by molar-refractivity contribution is 0.441. The largest absolute Gasteiger partial charge is 0.311 e. The first-order chi connectivity index (χ1) is 6.97. The fraction of sp³-hybridized carbons (Fsp3) is 0.538. The summed E-state index contributed by atoms with van der Waals surface area (Å²) in [5.74, 6) is 1.13. The lowest BCUT2D eigenvalue weighted by atomic mass is 10.1. The van der Waals surface area contributed by atoms with Crippen LogP contribution in [-0.2, 0) is 0 Å². The van der Waals surface area contributed by atoms with Crippen molar-refractivity contribution >= 4 is 11.8 Å². The van der Waals surface area contributed by atoms with E-state index in [1.165, 1.54) is 10.5 Å². The maximum absolute atomic E-state index is 3.49. The van der Waals surface area contributed by atoms with Crippen molar-refractivity contribution in [3.63, 3.8) is 0 Å². The summed E-state index contributed by atoms with van der Waals surface area (Å²) in [5, 5.41) is 3.49. The molecule has 15 heavy (non-hydrogen) atoms. The summed E-state index contributed by atoms with van der Waals surface area (Å²) in [4.78, 5) is 1.37. The van der Waals surface area contributed by atoms with Crippen molar-refractivity contribution in [1.29, 1.82) is 0 Å². The Kier molecular flexibility index (Phi) is 4.68. The number of thioether (sulfide) groups is 1. The molecule has 84 valence electrons. The molecule has 0 aromatic heterocycles. The van der Waals surface area contributed by atoms with Gasteiger partial charge in [-0.3, -0.25) is 0 Å². The highest BCUT2D eigenvalue weighted by Crippen LogP contribution is 2.18. The van der Waals surface area contributed by atoms with E-state index >= 15 is 0 Å². The minimum absolute atomic E-state index is 0.229. The van der Waals surface area contributed by atoms with Crippen LogP contribution in [0.4, 0.5) is 0 Å². The Hall–Kier alpha value is -0.470. The van der Waals surface area contributed by atoms with E-state index in [1.807, 2.05) is 11.8 Å². The average molecular weight is 223 g/mol. The highest BCUT2D eigenvalue weighted by Gasteiger charge is 2.07. The van der Waals surface area contributed by atoms with Crippen molar-refractivity contribution in [2.75, 3.05) is 12.3 Å². The highest BCUT2D eigenvalue weighted by molar-refractivity contribution is 7.99. The molecule has 1 nitrogen and oxygen atoms in total. The SMILES string of the molecule is Cc1cccc(SCCNC(C)(C)C)c1. The normalized spacial score (nSPS) is 11.7. The maximum Gasteiger partial charge on any atom is 0.0106 e. The van der Waals surface area contributed by atoms with Gasteiger partial charge in [-0.2, -0.15) is 0 Å². The molecule has 1 aromatic rings.